The van der Waals surface area contributed by atoms with Crippen molar-refractivity contribution in [2.45, 2.75) is 77.1 Å². The molecular weight excluding hydrogens is 1280 g/mol. The predicted octanol–water partition coefficient (Wildman–Crippen LogP) is 6.16. The predicted molar refractivity (Wildman–Crippen MR) is 339 cm³/mol. The van der Waals surface area contributed by atoms with Crippen LogP contribution in [0.2, 0.25) is 0 Å². The van der Waals surface area contributed by atoms with Crippen molar-refractivity contribution in [1.82, 2.24) is 61.5 Å². The summed E-state index contributed by atoms with van der Waals surface area (Å²) in [5, 5.41) is 59.0. The Kier molecular flexibility index (Phi) is 18.4. The monoisotopic (exact) mass is 1330 g/mol. The summed E-state index contributed by atoms with van der Waals surface area (Å²) in [6.07, 6.45) is -2.30. The van der Waals surface area contributed by atoms with E-state index in [0.717, 1.165) is 74.0 Å². The average molecular weight is 1330 g/mol. The van der Waals surface area contributed by atoms with E-state index in [9.17, 15) is 53.7 Å². The van der Waals surface area contributed by atoms with Gasteiger partial charge in [0.25, 0.3) is 23.6 Å². The first-order valence-electron chi connectivity index (χ1n) is 27.3. The lowest BCUT2D eigenvalue weighted by Gasteiger charge is -2.21. The molecule has 2 aromatic carbocycles. The number of hydrogen-bond donors (Lipinski definition) is 11. The van der Waals surface area contributed by atoms with E-state index in [0.29, 0.717) is 27.7 Å². The third-order valence-electron chi connectivity index (χ3n) is 14.3. The number of rotatable bonds is 8. The van der Waals surface area contributed by atoms with E-state index in [1.165, 1.54) is 40.6 Å². The highest BCUT2D eigenvalue weighted by atomic mass is 32.2. The maximum atomic E-state index is 14.6. The maximum Gasteiger partial charge on any atom is 0.335 e. The molecule has 11 rings (SSSR count). The summed E-state index contributed by atoms with van der Waals surface area (Å²) in [5.74, 6) is -6.42. The van der Waals surface area contributed by atoms with Gasteiger partial charge in [-0.2, -0.15) is 0 Å². The summed E-state index contributed by atoms with van der Waals surface area (Å²) in [6.45, 7) is 6.19. The number of thiazole rings is 5. The quantitative estimate of drug-likeness (QED) is 0.0759. The Morgan fingerprint density at radius 1 is 0.778 bits per heavy atom. The van der Waals surface area contributed by atoms with E-state index in [1.54, 1.807) is 37.4 Å². The van der Waals surface area contributed by atoms with Gasteiger partial charge in [0, 0.05) is 67.8 Å². The summed E-state index contributed by atoms with van der Waals surface area (Å²) in [4.78, 5) is 142. The third-order valence-corrected chi connectivity index (χ3v) is 19.7. The fourth-order valence-electron chi connectivity index (χ4n) is 9.52. The highest BCUT2D eigenvalue weighted by Crippen LogP contribution is 2.42. The number of nitrogens with one attached hydrogen (secondary N) is 7. The number of aliphatic hydroxyl groups is 2. The van der Waals surface area contributed by atoms with Gasteiger partial charge < -0.3 is 62.7 Å². The first-order chi connectivity index (χ1) is 43.2. The number of anilines is 1. The van der Waals surface area contributed by atoms with Gasteiger partial charge in [-0.1, -0.05) is 47.7 Å². The van der Waals surface area contributed by atoms with Crippen LogP contribution in [0.25, 0.3) is 49.3 Å². The fourth-order valence-corrected chi connectivity index (χ4v) is 14.7. The molecule has 0 radical (unpaired) electrons. The minimum atomic E-state index is -1.84. The van der Waals surface area contributed by atoms with Crippen molar-refractivity contribution < 1.29 is 58.4 Å². The molecule has 90 heavy (non-hydrogen) atoms. The zero-order valence-electron chi connectivity index (χ0n) is 47.6. The minimum Gasteiger partial charge on any atom is -0.506 e. The summed E-state index contributed by atoms with van der Waals surface area (Å²) < 4.78 is 5.65. The summed E-state index contributed by atoms with van der Waals surface area (Å²) in [7, 11) is 0. The molecule has 26 nitrogen and oxygen atoms in total. The van der Waals surface area contributed by atoms with Crippen LogP contribution in [0.4, 0.5) is 5.69 Å². The van der Waals surface area contributed by atoms with Crippen molar-refractivity contribution >= 4 is 137 Å². The van der Waals surface area contributed by atoms with Crippen LogP contribution < -0.4 is 37.6 Å². The molecule has 9 aromatic rings. The van der Waals surface area contributed by atoms with Gasteiger partial charge >= 0.3 is 5.97 Å². The fraction of sp³-hybridized carbons (Fsp3) is 0.241. The van der Waals surface area contributed by atoms with Crippen LogP contribution in [-0.2, 0) is 25.7 Å². The number of aryl methyl sites for hydroxylation is 2. The number of cyclic esters (lactones) is 1. The number of thioether (sulfide) groups is 1. The second-order valence-electron chi connectivity index (χ2n) is 20.5. The van der Waals surface area contributed by atoms with Crippen molar-refractivity contribution in [3.63, 3.8) is 0 Å². The Morgan fingerprint density at radius 2 is 1.42 bits per heavy atom. The molecule has 2 aliphatic rings. The van der Waals surface area contributed by atoms with E-state index < -0.39 is 95.1 Å². The highest BCUT2D eigenvalue weighted by Gasteiger charge is 2.34. The standard InChI is InChI=1S/C58H52N14O12S6/c1-5-29-53-68-34(19-87-53)47(77)63-31-14-40(75)57(82)84-16-26-7-6-8-30-41(26)24(3)42(61-30)58(83)90-22-38(65-49(79)35-20-88-54(31)69-35)55-66-33(17-86-55)44-28(52-67-37(18-85-52)50(80)72-43(25(4)73)51(81)62-29)13-39(74)45(71-44)56-70-36(21-89-56)48(78)64-32(46(59)76)15-60-27-11-9-23(2)10-12-27/h5-13,17-21,25,31-32,38,40,43,60-61,73-75H,14-16,22H2,1-4H3,(H2,59,76)(H,62,81)(H,63,77)(H,64,78)(H,65,79)(H,72,80)/b29-5-/t25-,31+,32?,38+,40-,43+/m1/s1. The van der Waals surface area contributed by atoms with Gasteiger partial charge in [0.2, 0.25) is 16.9 Å². The molecule has 0 saturated heterocycles. The summed E-state index contributed by atoms with van der Waals surface area (Å²) >= 11 is 5.78. The molecule has 462 valence electrons. The van der Waals surface area contributed by atoms with E-state index >= 15 is 0 Å². The molecule has 0 aliphatic carbocycles. The molecule has 0 fully saturated rings. The molecule has 6 atom stereocenters. The number of aromatic amines is 1. The molecule has 1 unspecified atom stereocenters. The SMILES string of the molecule is C/C=C1\NC(=O)[C@H]([C@@H](C)O)NC(=O)c2csc(n2)-c2cc(O)c(-c3nc(C(=O)NC(CNc4ccc(C)cc4)C(N)=O)cs3)nc2-c2csc(n2)[C@@H]2CSC(=O)c3[nH]c4cccc(c4c3C)COC(=O)[C@H](O)C[C@H](NC(=O)c3csc1n3)c1nc(cs1)C(=O)N2. The van der Waals surface area contributed by atoms with Crippen LogP contribution in [0, 0.1) is 13.8 Å². The number of aromatic hydroxyl groups is 1. The molecule has 32 heteroatoms. The Hall–Kier alpha value is -9.15. The molecule has 9 heterocycles. The topological polar surface area (TPSA) is 398 Å². The summed E-state index contributed by atoms with van der Waals surface area (Å²) in [6, 6.07) is 8.86. The maximum absolute atomic E-state index is 14.6. The Balaban J connectivity index is 1.01. The van der Waals surface area contributed by atoms with Gasteiger partial charge in [-0.05, 0) is 63.1 Å². The summed E-state index contributed by atoms with van der Waals surface area (Å²) in [5.41, 5.74) is 8.99. The van der Waals surface area contributed by atoms with Gasteiger partial charge in [-0.25, -0.2) is 34.7 Å². The normalized spacial score (nSPS) is 18.9. The first-order valence-corrected chi connectivity index (χ1v) is 32.7. The molecule has 0 spiro atoms. The number of carbonyl (C=O) groups is 8. The number of nitrogens with zero attached hydrogens (tertiary/aromatic N) is 6. The van der Waals surface area contributed by atoms with E-state index in [-0.39, 0.29) is 101 Å². The number of ether oxygens (including phenoxy) is 1. The number of pyridine rings is 1. The third kappa shape index (κ3) is 13.4. The number of aromatic nitrogens is 7. The molecule has 12 bridgehead atoms. The Labute approximate surface area is 534 Å². The van der Waals surface area contributed by atoms with Crippen molar-refractivity contribution in [3.05, 3.63) is 142 Å². The van der Waals surface area contributed by atoms with Crippen molar-refractivity contribution in [3.8, 4) is 38.4 Å². The molecule has 12 N–H and O–H groups in total. The Morgan fingerprint density at radius 3 is 2.14 bits per heavy atom. The van der Waals surface area contributed by atoms with Gasteiger partial charge in [0.1, 0.15) is 89.3 Å². The number of carbonyl (C=O) groups excluding carboxylic acids is 8. The number of allylic oxidation sites excluding steroid dienone is 1. The Bertz CT molecular complexity index is 4360. The number of benzene rings is 2. The number of primary amides is 1. The number of esters is 1. The van der Waals surface area contributed by atoms with Crippen LogP contribution >= 0.6 is 68.4 Å². The molecule has 7 aromatic heterocycles. The van der Waals surface area contributed by atoms with Crippen LogP contribution in [0.1, 0.15) is 117 Å². The van der Waals surface area contributed by atoms with E-state index in [1.807, 2.05) is 31.2 Å². The first kappa shape index (κ1) is 62.5. The zero-order chi connectivity index (χ0) is 63.7. The van der Waals surface area contributed by atoms with Gasteiger partial charge in [-0.15, -0.1) is 56.7 Å². The number of H-pyrrole nitrogens is 1. The van der Waals surface area contributed by atoms with Gasteiger partial charge in [0.15, 0.2) is 6.10 Å². The van der Waals surface area contributed by atoms with E-state index in [2.05, 4.69) is 56.8 Å². The zero-order valence-corrected chi connectivity index (χ0v) is 52.5. The molecule has 6 amide bonds. The second-order valence-corrected chi connectivity index (χ2v) is 25.9. The van der Waals surface area contributed by atoms with Crippen molar-refractivity contribution in [2.24, 2.45) is 5.73 Å². The van der Waals surface area contributed by atoms with Crippen molar-refractivity contribution in [1.29, 1.82) is 0 Å². The van der Waals surface area contributed by atoms with Crippen LogP contribution in [0.5, 0.6) is 5.75 Å². The van der Waals surface area contributed by atoms with Crippen LogP contribution in [0.15, 0.2) is 81.5 Å². The molecule has 0 saturated carbocycles. The largest absolute Gasteiger partial charge is 0.506 e. The van der Waals surface area contributed by atoms with Crippen molar-refractivity contribution in [2.75, 3.05) is 17.6 Å². The lowest BCUT2D eigenvalue weighted by atomic mass is 10.1. The van der Waals surface area contributed by atoms with E-state index in [4.69, 9.17) is 20.4 Å². The smallest absolute Gasteiger partial charge is 0.335 e. The molecular formula is C58H52N14O12S6. The number of aliphatic hydroxyl groups excluding tert-OH is 2. The number of amides is 6. The molecule has 2 aliphatic heterocycles. The number of hydrogen-bond acceptors (Lipinski definition) is 25. The number of fused-ring (bicyclic) bond motifs is 13. The number of nitrogens with two attached hydrogens (primary N) is 1. The lowest BCUT2D eigenvalue weighted by molar-refractivity contribution is -0.155. The van der Waals surface area contributed by atoms with Crippen LogP contribution in [-0.4, -0.2) is 133 Å². The minimum absolute atomic E-state index is 0.0460. The lowest BCUT2D eigenvalue weighted by Crippen LogP contribution is -2.52. The second kappa shape index (κ2) is 26.5. The average Bonchev–Trinajstić information content (AvgIpc) is 2.64. The van der Waals surface area contributed by atoms with Crippen LogP contribution in [0.3, 0.4) is 0 Å². The highest BCUT2D eigenvalue weighted by molar-refractivity contribution is 8.14. The van der Waals surface area contributed by atoms with Gasteiger partial charge in [-0.3, -0.25) is 33.6 Å². The van der Waals surface area contributed by atoms with Gasteiger partial charge in [0.05, 0.1) is 29.6 Å².